The molecule has 2 atom stereocenters. The van der Waals surface area contributed by atoms with Crippen molar-refractivity contribution >= 4 is 45.8 Å². The van der Waals surface area contributed by atoms with Gasteiger partial charge in [0.1, 0.15) is 11.0 Å². The van der Waals surface area contributed by atoms with Crippen LogP contribution < -0.4 is 5.73 Å². The predicted molar refractivity (Wildman–Crippen MR) is 138 cm³/mol. The number of non-ortho nitro benzene ring substituents is 1. The largest absolute Gasteiger partial charge is 0.399 e. The molecule has 0 bridgehead atoms. The molecule has 2 rings (SSSR count). The molecule has 0 fully saturated rings. The van der Waals surface area contributed by atoms with Gasteiger partial charge in [0.2, 0.25) is 14.7 Å². The summed E-state index contributed by atoms with van der Waals surface area (Å²) in [5, 5.41) is 10.5. The van der Waals surface area contributed by atoms with Gasteiger partial charge in [-0.1, -0.05) is 13.8 Å². The molecule has 12 nitrogen and oxygen atoms in total. The average molecular weight is 585 g/mol. The first-order chi connectivity index (χ1) is 16.6. The molecule has 36 heavy (non-hydrogen) atoms. The maximum Gasteiger partial charge on any atom is 0.269 e. The molecule has 0 aliphatic heterocycles. The number of nitrogens with two attached hydrogens (primary N) is 1. The highest BCUT2D eigenvalue weighted by molar-refractivity contribution is 7.98. The van der Waals surface area contributed by atoms with Gasteiger partial charge in [0.15, 0.2) is 19.7 Å². The van der Waals surface area contributed by atoms with Crippen LogP contribution in [0.4, 0.5) is 11.4 Å². The third kappa shape index (κ3) is 9.10. The fourth-order valence-electron chi connectivity index (χ4n) is 2.66. The number of hydrogen-bond acceptors (Lipinski definition) is 11. The lowest BCUT2D eigenvalue weighted by molar-refractivity contribution is -0.384. The molecule has 0 saturated carbocycles. The van der Waals surface area contributed by atoms with Gasteiger partial charge < -0.3 is 14.8 Å². The van der Waals surface area contributed by atoms with Gasteiger partial charge >= 0.3 is 0 Å². The minimum atomic E-state index is -3.80. The minimum absolute atomic E-state index is 0.107. The van der Waals surface area contributed by atoms with Crippen LogP contribution in [0.25, 0.3) is 0 Å². The Balaban J connectivity index is 0.000000362. The third-order valence-electron chi connectivity index (χ3n) is 5.01. The van der Waals surface area contributed by atoms with Crippen molar-refractivity contribution in [1.82, 2.24) is 0 Å². The molecule has 2 aromatic rings. The van der Waals surface area contributed by atoms with E-state index in [1.807, 2.05) is 0 Å². The number of nitro benzene ring substituents is 1. The van der Waals surface area contributed by atoms with Gasteiger partial charge in [-0.15, -0.1) is 0 Å². The highest BCUT2D eigenvalue weighted by Crippen LogP contribution is 2.48. The second-order valence-corrected chi connectivity index (χ2v) is 18.2. The van der Waals surface area contributed by atoms with Gasteiger partial charge in [0, 0.05) is 44.4 Å². The van der Waals surface area contributed by atoms with Gasteiger partial charge in [-0.3, -0.25) is 19.2 Å². The van der Waals surface area contributed by atoms with Gasteiger partial charge in [-0.05, 0) is 36.4 Å². The van der Waals surface area contributed by atoms with Crippen molar-refractivity contribution in [2.45, 2.75) is 23.6 Å². The monoisotopic (exact) mass is 584 g/mol. The van der Waals surface area contributed by atoms with Crippen LogP contribution in [0, 0.1) is 10.1 Å². The van der Waals surface area contributed by atoms with Crippen molar-refractivity contribution in [1.29, 1.82) is 0 Å². The van der Waals surface area contributed by atoms with E-state index in [0.29, 0.717) is 5.69 Å². The zero-order valence-corrected chi connectivity index (χ0v) is 23.7. The molecular formula is C20H30N2O10P2S2. The maximum absolute atomic E-state index is 12.0. The summed E-state index contributed by atoms with van der Waals surface area (Å²) in [5.74, 6) is 0. The van der Waals surface area contributed by atoms with E-state index in [4.69, 9.17) is 14.8 Å². The van der Waals surface area contributed by atoms with Crippen molar-refractivity contribution in [3.8, 4) is 0 Å². The lowest BCUT2D eigenvalue weighted by atomic mass is 10.3. The fraction of sp³-hybridized carbons (Fsp3) is 0.400. The van der Waals surface area contributed by atoms with Crippen LogP contribution in [0.3, 0.4) is 0 Å². The Bertz CT molecular complexity index is 1330. The van der Waals surface area contributed by atoms with Crippen LogP contribution in [0.2, 0.25) is 0 Å². The molecule has 0 aromatic heterocycles. The van der Waals surface area contributed by atoms with Crippen molar-refractivity contribution < 1.29 is 39.9 Å². The van der Waals surface area contributed by atoms with Crippen LogP contribution in [-0.2, 0) is 37.9 Å². The summed E-state index contributed by atoms with van der Waals surface area (Å²) >= 11 is 0. The summed E-state index contributed by atoms with van der Waals surface area (Å²) in [6.45, 7) is 3.22. The molecule has 0 aliphatic carbocycles. The second-order valence-electron chi connectivity index (χ2n) is 7.43. The summed E-state index contributed by atoms with van der Waals surface area (Å²) in [5.41, 5.74) is 4.67. The molecule has 0 heterocycles. The number of hydrogen-bond donors (Lipinski definition) is 1. The molecule has 0 amide bonds. The normalized spacial score (nSPS) is 15.1. The number of nitrogen functional groups attached to an aromatic ring is 1. The molecule has 16 heteroatoms. The quantitative estimate of drug-likeness (QED) is 0.172. The van der Waals surface area contributed by atoms with E-state index in [2.05, 4.69) is 0 Å². The number of sulfone groups is 2. The Morgan fingerprint density at radius 1 is 0.778 bits per heavy atom. The molecule has 2 N–H and O–H groups in total. The van der Waals surface area contributed by atoms with Crippen LogP contribution in [-0.4, -0.2) is 59.3 Å². The number of rotatable bonds is 11. The molecule has 0 aliphatic rings. The van der Waals surface area contributed by atoms with Crippen molar-refractivity contribution in [3.05, 3.63) is 58.6 Å². The smallest absolute Gasteiger partial charge is 0.269 e. The van der Waals surface area contributed by atoms with E-state index < -0.39 is 50.3 Å². The zero-order valence-electron chi connectivity index (χ0n) is 20.3. The SMILES string of the molecule is CCP(=O)(CS(=O)(=O)c1ccc(N)cc1)OC.CCP(=O)(CS(=O)(=O)c1ccc([N+](=O)[O-])cc1)OC. The molecular weight excluding hydrogens is 554 g/mol. The molecule has 2 unspecified atom stereocenters. The standard InChI is InChI=1S/C10H14NO6PS.C10H16NO4PS/c1-3-18(14,17-2)8-19(15,16)10-6-4-9(5-7-10)11(12)13;1-3-16(12,15-2)8-17(13,14)10-6-4-9(11)5-7-10/h4-7H,3,8H2,1-2H3;4-7H,3,8,11H2,1-2H3. The number of benzene rings is 2. The highest BCUT2D eigenvalue weighted by Gasteiger charge is 2.30. The first-order valence-electron chi connectivity index (χ1n) is 10.4. The molecule has 0 saturated heterocycles. The summed E-state index contributed by atoms with van der Waals surface area (Å²) in [4.78, 5) is 9.85. The number of nitrogens with zero attached hydrogens (tertiary/aromatic N) is 1. The molecule has 202 valence electrons. The van der Waals surface area contributed by atoms with Gasteiger partial charge in [0.05, 0.1) is 14.7 Å². The fourth-order valence-corrected chi connectivity index (χ4v) is 11.9. The highest BCUT2D eigenvalue weighted by atomic mass is 32.2. The third-order valence-corrected chi connectivity index (χ3v) is 16.1. The van der Waals surface area contributed by atoms with Crippen molar-refractivity contribution in [2.24, 2.45) is 0 Å². The van der Waals surface area contributed by atoms with Gasteiger partial charge in [-0.25, -0.2) is 16.8 Å². The van der Waals surface area contributed by atoms with Crippen molar-refractivity contribution in [3.63, 3.8) is 0 Å². The van der Waals surface area contributed by atoms with E-state index in [0.717, 1.165) is 24.3 Å². The Kier molecular flexibility index (Phi) is 11.5. The van der Waals surface area contributed by atoms with Crippen LogP contribution in [0.15, 0.2) is 58.3 Å². The van der Waals surface area contributed by atoms with E-state index in [-0.39, 0.29) is 27.8 Å². The Morgan fingerprint density at radius 2 is 1.11 bits per heavy atom. The van der Waals surface area contributed by atoms with Gasteiger partial charge in [-0.2, -0.15) is 0 Å². The average Bonchev–Trinajstić information content (AvgIpc) is 2.84. The molecule has 0 spiro atoms. The van der Waals surface area contributed by atoms with E-state index in [1.54, 1.807) is 13.8 Å². The van der Waals surface area contributed by atoms with E-state index in [9.17, 15) is 36.1 Å². The van der Waals surface area contributed by atoms with E-state index >= 15 is 0 Å². The number of anilines is 1. The summed E-state index contributed by atoms with van der Waals surface area (Å²) in [6.07, 6.45) is 0.299. The van der Waals surface area contributed by atoms with Crippen LogP contribution >= 0.6 is 14.7 Å². The molecule has 2 aromatic carbocycles. The minimum Gasteiger partial charge on any atom is -0.399 e. The number of nitro groups is 1. The van der Waals surface area contributed by atoms with E-state index in [1.165, 1.54) is 38.5 Å². The summed E-state index contributed by atoms with van der Waals surface area (Å²) in [7, 11) is -11.2. The zero-order chi connectivity index (χ0) is 27.8. The van der Waals surface area contributed by atoms with Crippen LogP contribution in [0.1, 0.15) is 13.8 Å². The lowest BCUT2D eigenvalue weighted by Gasteiger charge is -2.14. The Labute approximate surface area is 211 Å². The summed E-state index contributed by atoms with van der Waals surface area (Å²) in [6, 6.07) is 10.2. The topological polar surface area (TPSA) is 190 Å². The second kappa shape index (κ2) is 12.9. The first kappa shape index (κ1) is 31.9. The lowest BCUT2D eigenvalue weighted by Crippen LogP contribution is -2.09. The summed E-state index contributed by atoms with van der Waals surface area (Å²) < 4.78 is 81.6. The maximum atomic E-state index is 12.0. The Morgan fingerprint density at radius 3 is 1.39 bits per heavy atom. The Hall–Kier alpha value is -2.08. The van der Waals surface area contributed by atoms with Gasteiger partial charge in [0.25, 0.3) is 5.69 Å². The van der Waals surface area contributed by atoms with Crippen molar-refractivity contribution in [2.75, 3.05) is 43.3 Å². The first-order valence-corrected chi connectivity index (χ1v) is 17.7. The molecule has 0 radical (unpaired) electrons. The predicted octanol–water partition coefficient (Wildman–Crippen LogP) is 4.21. The van der Waals surface area contributed by atoms with Crippen LogP contribution in [0.5, 0.6) is 0 Å².